The van der Waals surface area contributed by atoms with Crippen LogP contribution in [-0.4, -0.2) is 5.78 Å². The van der Waals surface area contributed by atoms with E-state index in [4.69, 9.17) is 0 Å². The van der Waals surface area contributed by atoms with Crippen molar-refractivity contribution < 1.29 is 4.79 Å². The average molecular weight is 150 g/mol. The van der Waals surface area contributed by atoms with E-state index in [0.717, 1.165) is 19.3 Å². The second-order valence-electron chi connectivity index (χ2n) is 3.76. The summed E-state index contributed by atoms with van der Waals surface area (Å²) in [5.74, 6) is 1.51. The Balaban J connectivity index is 2.18. The standard InChI is InChI=1S/C10H14O/c1-7-5-6-9-8(7)3-2-4-10(9)11/h5,8-9H,2-4,6H2,1H3. The Hall–Kier alpha value is -0.590. The van der Waals surface area contributed by atoms with Crippen molar-refractivity contribution in [1.82, 2.24) is 0 Å². The van der Waals surface area contributed by atoms with E-state index in [9.17, 15) is 4.79 Å². The van der Waals surface area contributed by atoms with Gasteiger partial charge in [0.2, 0.25) is 0 Å². The van der Waals surface area contributed by atoms with Crippen LogP contribution in [0, 0.1) is 11.8 Å². The summed E-state index contributed by atoms with van der Waals surface area (Å²) in [6.07, 6.45) is 6.47. The Morgan fingerprint density at radius 2 is 2.27 bits per heavy atom. The molecule has 2 unspecified atom stereocenters. The topological polar surface area (TPSA) is 17.1 Å². The van der Waals surface area contributed by atoms with Gasteiger partial charge >= 0.3 is 0 Å². The number of ketones is 1. The first-order chi connectivity index (χ1) is 5.29. The lowest BCUT2D eigenvalue weighted by Crippen LogP contribution is -2.25. The lowest BCUT2D eigenvalue weighted by molar-refractivity contribution is -0.125. The summed E-state index contributed by atoms with van der Waals surface area (Å²) >= 11 is 0. The van der Waals surface area contributed by atoms with Gasteiger partial charge in [0.1, 0.15) is 5.78 Å². The first kappa shape index (κ1) is 7.08. The van der Waals surface area contributed by atoms with Crippen molar-refractivity contribution in [2.45, 2.75) is 32.6 Å². The molecule has 11 heavy (non-hydrogen) atoms. The number of rotatable bonds is 0. The Bertz CT molecular complexity index is 215. The molecule has 0 aromatic heterocycles. The highest BCUT2D eigenvalue weighted by Crippen LogP contribution is 2.39. The van der Waals surface area contributed by atoms with E-state index in [-0.39, 0.29) is 0 Å². The van der Waals surface area contributed by atoms with Crippen molar-refractivity contribution in [3.63, 3.8) is 0 Å². The monoisotopic (exact) mass is 150 g/mol. The minimum absolute atomic E-state index is 0.378. The summed E-state index contributed by atoms with van der Waals surface area (Å²) in [7, 11) is 0. The molecule has 0 aromatic rings. The maximum absolute atomic E-state index is 11.4. The molecule has 0 amide bonds. The third-order valence-corrected chi connectivity index (χ3v) is 3.12. The molecule has 1 heteroatoms. The smallest absolute Gasteiger partial charge is 0.136 e. The second-order valence-corrected chi connectivity index (χ2v) is 3.76. The highest BCUT2D eigenvalue weighted by Gasteiger charge is 2.34. The van der Waals surface area contributed by atoms with Crippen LogP contribution >= 0.6 is 0 Å². The molecule has 2 aliphatic carbocycles. The van der Waals surface area contributed by atoms with Gasteiger partial charge in [0.15, 0.2) is 0 Å². The molecule has 0 bridgehead atoms. The SMILES string of the molecule is CC1=CCC2C(=O)CCCC12. The van der Waals surface area contributed by atoms with Gasteiger partial charge < -0.3 is 0 Å². The van der Waals surface area contributed by atoms with Gasteiger partial charge in [-0.05, 0) is 32.1 Å². The number of carbonyl (C=O) groups is 1. The summed E-state index contributed by atoms with van der Waals surface area (Å²) in [5.41, 5.74) is 1.46. The average Bonchev–Trinajstić information content (AvgIpc) is 2.35. The molecule has 0 radical (unpaired) electrons. The van der Waals surface area contributed by atoms with Crippen LogP contribution < -0.4 is 0 Å². The van der Waals surface area contributed by atoms with E-state index in [1.165, 1.54) is 12.0 Å². The van der Waals surface area contributed by atoms with Crippen molar-refractivity contribution in [2.75, 3.05) is 0 Å². The maximum atomic E-state index is 11.4. The predicted molar refractivity (Wildman–Crippen MR) is 44.2 cm³/mol. The Morgan fingerprint density at radius 3 is 3.00 bits per heavy atom. The normalized spacial score (nSPS) is 36.8. The van der Waals surface area contributed by atoms with Crippen LogP contribution in [-0.2, 0) is 4.79 Å². The third-order valence-electron chi connectivity index (χ3n) is 3.12. The van der Waals surface area contributed by atoms with Gasteiger partial charge in [-0.2, -0.15) is 0 Å². The van der Waals surface area contributed by atoms with Gasteiger partial charge in [0.05, 0.1) is 0 Å². The molecule has 1 nitrogen and oxygen atoms in total. The minimum atomic E-state index is 0.378. The first-order valence-corrected chi connectivity index (χ1v) is 4.48. The molecular weight excluding hydrogens is 136 g/mol. The Labute approximate surface area is 67.5 Å². The number of carbonyl (C=O) groups excluding carboxylic acids is 1. The first-order valence-electron chi connectivity index (χ1n) is 4.48. The van der Waals surface area contributed by atoms with Gasteiger partial charge in [-0.1, -0.05) is 11.6 Å². The van der Waals surface area contributed by atoms with Gasteiger partial charge in [-0.25, -0.2) is 0 Å². The molecule has 0 N–H and O–H groups in total. The highest BCUT2D eigenvalue weighted by molar-refractivity contribution is 5.83. The Morgan fingerprint density at radius 1 is 1.45 bits per heavy atom. The second kappa shape index (κ2) is 2.47. The van der Waals surface area contributed by atoms with Crippen molar-refractivity contribution in [1.29, 1.82) is 0 Å². The molecule has 0 heterocycles. The molecule has 0 spiro atoms. The number of allylic oxidation sites excluding steroid dienone is 2. The zero-order valence-corrected chi connectivity index (χ0v) is 6.97. The maximum Gasteiger partial charge on any atom is 0.136 e. The fraction of sp³-hybridized carbons (Fsp3) is 0.700. The summed E-state index contributed by atoms with van der Waals surface area (Å²) in [5, 5.41) is 0. The molecule has 0 aromatic carbocycles. The third kappa shape index (κ3) is 1.03. The Kier molecular flexibility index (Phi) is 1.59. The summed E-state index contributed by atoms with van der Waals surface area (Å²) in [6, 6.07) is 0. The number of hydrogen-bond donors (Lipinski definition) is 0. The zero-order valence-electron chi connectivity index (χ0n) is 6.97. The van der Waals surface area contributed by atoms with Crippen LogP contribution in [0.1, 0.15) is 32.6 Å². The summed E-state index contributed by atoms with van der Waals surface area (Å²) in [6.45, 7) is 2.17. The van der Waals surface area contributed by atoms with Crippen LogP contribution in [0.2, 0.25) is 0 Å². The van der Waals surface area contributed by atoms with Gasteiger partial charge in [0, 0.05) is 12.3 Å². The van der Waals surface area contributed by atoms with E-state index < -0.39 is 0 Å². The van der Waals surface area contributed by atoms with E-state index in [1.807, 2.05) is 0 Å². The van der Waals surface area contributed by atoms with E-state index in [2.05, 4.69) is 13.0 Å². The van der Waals surface area contributed by atoms with Crippen LogP contribution in [0.5, 0.6) is 0 Å². The summed E-state index contributed by atoms with van der Waals surface area (Å²) < 4.78 is 0. The largest absolute Gasteiger partial charge is 0.299 e. The minimum Gasteiger partial charge on any atom is -0.299 e. The molecule has 1 fully saturated rings. The molecule has 2 atom stereocenters. The fourth-order valence-electron chi connectivity index (χ4n) is 2.41. The lowest BCUT2D eigenvalue weighted by atomic mass is 9.78. The fourth-order valence-corrected chi connectivity index (χ4v) is 2.41. The predicted octanol–water partition coefficient (Wildman–Crippen LogP) is 2.32. The van der Waals surface area contributed by atoms with Gasteiger partial charge in [-0.3, -0.25) is 4.79 Å². The molecule has 0 saturated heterocycles. The van der Waals surface area contributed by atoms with E-state index in [1.54, 1.807) is 0 Å². The van der Waals surface area contributed by atoms with Crippen molar-refractivity contribution in [2.24, 2.45) is 11.8 Å². The van der Waals surface area contributed by atoms with Gasteiger partial charge in [0.25, 0.3) is 0 Å². The molecule has 0 aliphatic heterocycles. The van der Waals surface area contributed by atoms with Crippen molar-refractivity contribution >= 4 is 5.78 Å². The van der Waals surface area contributed by atoms with E-state index in [0.29, 0.717) is 17.6 Å². The molecule has 2 rings (SSSR count). The number of Topliss-reactive ketones (excluding diaryl/α,β-unsaturated/α-hetero) is 1. The molecule has 2 aliphatic rings. The quantitative estimate of drug-likeness (QED) is 0.484. The van der Waals surface area contributed by atoms with Crippen LogP contribution in [0.3, 0.4) is 0 Å². The van der Waals surface area contributed by atoms with E-state index >= 15 is 0 Å². The lowest BCUT2D eigenvalue weighted by Gasteiger charge is -2.25. The van der Waals surface area contributed by atoms with Crippen LogP contribution in [0.25, 0.3) is 0 Å². The van der Waals surface area contributed by atoms with Crippen molar-refractivity contribution in [3.05, 3.63) is 11.6 Å². The number of hydrogen-bond acceptors (Lipinski definition) is 1. The van der Waals surface area contributed by atoms with Gasteiger partial charge in [-0.15, -0.1) is 0 Å². The zero-order chi connectivity index (χ0) is 7.84. The van der Waals surface area contributed by atoms with Crippen molar-refractivity contribution in [3.8, 4) is 0 Å². The van der Waals surface area contributed by atoms with Crippen LogP contribution in [0.15, 0.2) is 11.6 Å². The molecular formula is C10H14O. The highest BCUT2D eigenvalue weighted by atomic mass is 16.1. The molecule has 1 saturated carbocycles. The molecule has 60 valence electrons. The summed E-state index contributed by atoms with van der Waals surface area (Å²) in [4.78, 5) is 11.4. The van der Waals surface area contributed by atoms with Crippen LogP contribution in [0.4, 0.5) is 0 Å². The number of fused-ring (bicyclic) bond motifs is 1.